The third-order valence-electron chi connectivity index (χ3n) is 9.18. The third-order valence-corrected chi connectivity index (χ3v) is 12.5. The van der Waals surface area contributed by atoms with E-state index < -0.39 is 44.2 Å². The number of aryl methyl sites for hydroxylation is 1. The molecule has 240 valence electrons. The molecule has 3 aliphatic rings. The molecule has 0 aromatic heterocycles. The summed E-state index contributed by atoms with van der Waals surface area (Å²) in [6.45, 7) is 2.27. The van der Waals surface area contributed by atoms with Crippen molar-refractivity contribution in [1.29, 1.82) is 0 Å². The summed E-state index contributed by atoms with van der Waals surface area (Å²) in [4.78, 5) is 28.3. The Kier molecular flexibility index (Phi) is 8.33. The number of carbonyl (C=O) groups excluding carboxylic acids is 2. The molecule has 0 bridgehead atoms. The maximum Gasteiger partial charge on any atom is 0.435 e. The minimum atomic E-state index is -6.32. The lowest BCUT2D eigenvalue weighted by molar-refractivity contribution is -0.348. The van der Waals surface area contributed by atoms with Crippen LogP contribution in [0.3, 0.4) is 0 Å². The maximum atomic E-state index is 15.0. The quantitative estimate of drug-likeness (QED) is 0.275. The predicted molar refractivity (Wildman–Crippen MR) is 153 cm³/mol. The molecule has 2 aromatic rings. The Bertz CT molecular complexity index is 1570. The molecule has 2 heterocycles. The fraction of sp³-hybridized carbons (Fsp3) is 0.517. The number of alkyl halides is 7. The Morgan fingerprint density at radius 3 is 2.16 bits per heavy atom. The number of halogens is 8. The Morgan fingerprint density at radius 2 is 1.59 bits per heavy atom. The van der Waals surface area contributed by atoms with Gasteiger partial charge in [-0.2, -0.15) is 26.3 Å². The third kappa shape index (κ3) is 5.09. The topological polar surface area (TPSA) is 74.8 Å². The minimum absolute atomic E-state index is 0.0183. The van der Waals surface area contributed by atoms with E-state index in [0.717, 1.165) is 9.64 Å². The average Bonchev–Trinajstić information content (AvgIpc) is 3.57. The second kappa shape index (κ2) is 11.1. The van der Waals surface area contributed by atoms with Crippen LogP contribution in [0.5, 0.6) is 0 Å². The van der Waals surface area contributed by atoms with Gasteiger partial charge in [-0.1, -0.05) is 18.2 Å². The van der Waals surface area contributed by atoms with Crippen LogP contribution in [-0.4, -0.2) is 68.1 Å². The number of nitrogens with zero attached hydrogens (tertiary/aromatic N) is 2. The van der Waals surface area contributed by atoms with Gasteiger partial charge in [-0.15, -0.1) is 0 Å². The predicted octanol–water partition coefficient (Wildman–Crippen LogP) is 6.06. The second-order valence-corrected chi connectivity index (χ2v) is 15.0. The van der Waals surface area contributed by atoms with Crippen LogP contribution in [0.1, 0.15) is 49.3 Å². The molecule has 1 aliphatic carbocycles. The second-order valence-electron chi connectivity index (χ2n) is 11.6. The standard InChI is InChI=1S/C29H28F7IN2O4S/c1-17(40)38-12-10-18(16-38)14-25(41)39-13-11-26(44(42,43)22-6-4-21(37)5-7-22)23-8-3-20(15-19(23)2-9-24(26)39)27(30,28(31,32)33)29(34,35)36/h3-8,15,18,24H,2,9-14,16H2,1H3/t18-,24-,26-/m1/s1. The molecule has 0 N–H and O–H groups in total. The lowest BCUT2D eigenvalue weighted by Crippen LogP contribution is -2.53. The molecule has 0 radical (unpaired) electrons. The van der Waals surface area contributed by atoms with Crippen LogP contribution in [0, 0.1) is 9.49 Å². The van der Waals surface area contributed by atoms with Crippen LogP contribution in [-0.2, 0) is 36.3 Å². The van der Waals surface area contributed by atoms with Gasteiger partial charge in [-0.05, 0) is 89.6 Å². The minimum Gasteiger partial charge on any atom is -0.343 e. The molecule has 0 spiro atoms. The van der Waals surface area contributed by atoms with Crippen molar-refractivity contribution in [3.63, 3.8) is 0 Å². The van der Waals surface area contributed by atoms with Crippen LogP contribution in [0.15, 0.2) is 47.4 Å². The van der Waals surface area contributed by atoms with Gasteiger partial charge in [-0.25, -0.2) is 12.8 Å². The molecule has 5 rings (SSSR count). The zero-order chi connectivity index (χ0) is 32.5. The molecular formula is C29H28F7IN2O4S. The number of carbonyl (C=O) groups is 2. The Morgan fingerprint density at radius 1 is 0.955 bits per heavy atom. The van der Waals surface area contributed by atoms with Gasteiger partial charge in [0.25, 0.3) is 0 Å². The van der Waals surface area contributed by atoms with E-state index in [4.69, 9.17) is 0 Å². The van der Waals surface area contributed by atoms with Crippen molar-refractivity contribution < 1.29 is 48.7 Å². The highest BCUT2D eigenvalue weighted by Gasteiger charge is 2.74. The van der Waals surface area contributed by atoms with E-state index in [9.17, 15) is 44.3 Å². The molecule has 0 unspecified atom stereocenters. The number of amides is 2. The molecule has 15 heteroatoms. The van der Waals surface area contributed by atoms with E-state index in [1.807, 2.05) is 22.6 Å². The van der Waals surface area contributed by atoms with Crippen molar-refractivity contribution >= 4 is 44.2 Å². The summed E-state index contributed by atoms with van der Waals surface area (Å²) in [5.74, 6) is -0.613. The van der Waals surface area contributed by atoms with Gasteiger partial charge >= 0.3 is 18.0 Å². The molecule has 6 nitrogen and oxygen atoms in total. The number of hydrogen-bond acceptors (Lipinski definition) is 4. The Labute approximate surface area is 263 Å². The van der Waals surface area contributed by atoms with Crippen molar-refractivity contribution in [2.45, 2.75) is 72.7 Å². The number of fused-ring (bicyclic) bond motifs is 3. The summed E-state index contributed by atoms with van der Waals surface area (Å²) in [5.41, 5.74) is -7.54. The SMILES string of the molecule is CC(=O)N1CC[C@H](CC(=O)N2CC[C@@]3(S(=O)(=O)c4ccc(I)cc4)c4ccc(C(F)(C(F)(F)F)C(F)(F)F)cc4CC[C@@H]23)C1. The zero-order valence-corrected chi connectivity index (χ0v) is 26.3. The van der Waals surface area contributed by atoms with E-state index >= 15 is 4.39 Å². The van der Waals surface area contributed by atoms with Crippen molar-refractivity contribution in [2.75, 3.05) is 19.6 Å². The van der Waals surface area contributed by atoms with Crippen molar-refractivity contribution in [2.24, 2.45) is 5.92 Å². The van der Waals surface area contributed by atoms with Crippen molar-refractivity contribution in [1.82, 2.24) is 9.80 Å². The first-order chi connectivity index (χ1) is 20.3. The summed E-state index contributed by atoms with van der Waals surface area (Å²) in [6, 6.07) is 6.54. The highest BCUT2D eigenvalue weighted by molar-refractivity contribution is 14.1. The lowest BCUT2D eigenvalue weighted by Gasteiger charge is -2.43. The first-order valence-electron chi connectivity index (χ1n) is 13.9. The van der Waals surface area contributed by atoms with Crippen molar-refractivity contribution in [3.8, 4) is 0 Å². The van der Waals surface area contributed by atoms with Gasteiger partial charge in [0.15, 0.2) is 9.84 Å². The van der Waals surface area contributed by atoms with Crippen LogP contribution < -0.4 is 0 Å². The fourth-order valence-corrected chi connectivity index (χ4v) is 9.73. The normalized spacial score (nSPS) is 24.3. The van der Waals surface area contributed by atoms with Gasteiger partial charge in [0.05, 0.1) is 10.9 Å². The molecule has 2 saturated heterocycles. The number of hydrogen-bond donors (Lipinski definition) is 0. The van der Waals surface area contributed by atoms with E-state index in [-0.39, 0.29) is 66.0 Å². The first kappa shape index (κ1) is 32.9. The number of benzene rings is 2. The lowest BCUT2D eigenvalue weighted by atomic mass is 9.76. The molecule has 2 aromatic carbocycles. The van der Waals surface area contributed by atoms with E-state index in [2.05, 4.69) is 0 Å². The van der Waals surface area contributed by atoms with Crippen molar-refractivity contribution in [3.05, 3.63) is 62.7 Å². The smallest absolute Gasteiger partial charge is 0.343 e. The van der Waals surface area contributed by atoms with Gasteiger partial charge in [0.2, 0.25) is 11.8 Å². The van der Waals surface area contributed by atoms with Crippen LogP contribution in [0.25, 0.3) is 0 Å². The molecule has 2 amide bonds. The Balaban J connectivity index is 1.60. The van der Waals surface area contributed by atoms with Crippen LogP contribution in [0.4, 0.5) is 30.7 Å². The first-order valence-corrected chi connectivity index (χ1v) is 16.4. The Hall–Kier alpha value is -2.43. The number of sulfone groups is 1. The fourth-order valence-electron chi connectivity index (χ4n) is 7.00. The summed E-state index contributed by atoms with van der Waals surface area (Å²) in [6.07, 6.45) is -12.4. The molecule has 44 heavy (non-hydrogen) atoms. The van der Waals surface area contributed by atoms with E-state index in [0.29, 0.717) is 31.6 Å². The van der Waals surface area contributed by atoms with Gasteiger partial charge in [0.1, 0.15) is 4.75 Å². The van der Waals surface area contributed by atoms with E-state index in [1.165, 1.54) is 24.0 Å². The highest BCUT2D eigenvalue weighted by Crippen LogP contribution is 2.56. The van der Waals surface area contributed by atoms with Crippen LogP contribution in [0.2, 0.25) is 0 Å². The monoisotopic (exact) mass is 760 g/mol. The summed E-state index contributed by atoms with van der Waals surface area (Å²) < 4.78 is 124. The van der Waals surface area contributed by atoms with Crippen LogP contribution >= 0.6 is 22.6 Å². The zero-order valence-electron chi connectivity index (χ0n) is 23.3. The van der Waals surface area contributed by atoms with Gasteiger partial charge in [-0.3, -0.25) is 9.59 Å². The molecule has 2 fully saturated rings. The summed E-state index contributed by atoms with van der Waals surface area (Å²) in [7, 11) is -4.40. The van der Waals surface area contributed by atoms with Gasteiger partial charge in [0, 0.05) is 42.1 Å². The average molecular weight is 761 g/mol. The van der Waals surface area contributed by atoms with Gasteiger partial charge < -0.3 is 9.80 Å². The maximum absolute atomic E-state index is 15.0. The molecule has 3 atom stereocenters. The molecular weight excluding hydrogens is 732 g/mol. The number of rotatable bonds is 5. The summed E-state index contributed by atoms with van der Waals surface area (Å²) in [5, 5.41) is 0. The largest absolute Gasteiger partial charge is 0.435 e. The number of likely N-dealkylation sites (tertiary alicyclic amines) is 2. The highest BCUT2D eigenvalue weighted by atomic mass is 127. The molecule has 2 aliphatic heterocycles. The summed E-state index contributed by atoms with van der Waals surface area (Å²) >= 11 is 1.98. The van der Waals surface area contributed by atoms with E-state index in [1.54, 1.807) is 17.0 Å². The molecule has 0 saturated carbocycles.